The second-order valence-electron chi connectivity index (χ2n) is 17.5. The molecule has 0 saturated carbocycles. The molecule has 71 heavy (non-hydrogen) atoms. The molecule has 1 aliphatic heterocycles. The Bertz CT molecular complexity index is 3650. The second kappa shape index (κ2) is 23.3. The van der Waals surface area contributed by atoms with Crippen molar-refractivity contribution in [3.05, 3.63) is 181 Å². The summed E-state index contributed by atoms with van der Waals surface area (Å²) in [5.74, 6) is 27.4. The fourth-order valence-corrected chi connectivity index (χ4v) is 8.28. The molecule has 1 aliphatic rings. The van der Waals surface area contributed by atoms with Gasteiger partial charge in [0, 0.05) is 116 Å². The van der Waals surface area contributed by atoms with E-state index < -0.39 is 0 Å². The molecule has 8 rings (SSSR count). The number of hydrogen-bond donors (Lipinski definition) is 4. The SMILES string of the molecule is C#CC#CC#CC#CC#CC#COc1ccc(C2=c3ccc([nH]3)=Cc3ccc([nH]3)C(c3ccc(OCCOc4c(CN(C)C)cc(CN(C)C)cc4CN(C)C)cc3)=c3ccc([nH]3)=Cc3ccc2[nH]3)cc1. The minimum Gasteiger partial charge on any atom is -0.490 e. The molecule has 0 radical (unpaired) electrons. The second-order valence-corrected chi connectivity index (χ2v) is 17.5. The summed E-state index contributed by atoms with van der Waals surface area (Å²) in [6.45, 7) is 3.25. The monoisotopic (exact) mass is 931 g/mol. The Kier molecular flexibility index (Phi) is 15.9. The zero-order valence-corrected chi connectivity index (χ0v) is 40.7. The Morgan fingerprint density at radius 2 is 0.930 bits per heavy atom. The number of terminal acetylenes is 1. The van der Waals surface area contributed by atoms with E-state index >= 15 is 0 Å². The third-order valence-electron chi connectivity index (χ3n) is 11.0. The van der Waals surface area contributed by atoms with Gasteiger partial charge < -0.3 is 48.8 Å². The topological polar surface area (TPSA) is 101 Å². The molecular formula is C61H53N7O3. The molecule has 350 valence electrons. The van der Waals surface area contributed by atoms with Crippen molar-refractivity contribution in [3.63, 3.8) is 0 Å². The highest BCUT2D eigenvalue weighted by Crippen LogP contribution is 2.30. The van der Waals surface area contributed by atoms with Crippen molar-refractivity contribution >= 4 is 23.3 Å². The van der Waals surface area contributed by atoms with E-state index in [0.717, 1.165) is 97.6 Å². The van der Waals surface area contributed by atoms with Gasteiger partial charge in [0.25, 0.3) is 0 Å². The van der Waals surface area contributed by atoms with Crippen LogP contribution in [0.5, 0.6) is 17.2 Å². The van der Waals surface area contributed by atoms with Gasteiger partial charge in [-0.15, -0.1) is 6.42 Å². The average Bonchev–Trinajstić information content (AvgIpc) is 4.19. The molecule has 5 heterocycles. The zero-order valence-electron chi connectivity index (χ0n) is 40.7. The van der Waals surface area contributed by atoms with Gasteiger partial charge in [-0.05, 0) is 186 Å². The van der Waals surface area contributed by atoms with Gasteiger partial charge in [0.05, 0.1) is 0 Å². The summed E-state index contributed by atoms with van der Waals surface area (Å²) in [5, 5.41) is 3.82. The van der Waals surface area contributed by atoms with Crippen molar-refractivity contribution < 1.29 is 14.2 Å². The number of benzene rings is 3. The van der Waals surface area contributed by atoms with Crippen molar-refractivity contribution in [2.45, 2.75) is 19.6 Å². The van der Waals surface area contributed by atoms with Crippen molar-refractivity contribution in [1.82, 2.24) is 34.6 Å². The van der Waals surface area contributed by atoms with E-state index in [1.807, 2.05) is 36.4 Å². The van der Waals surface area contributed by atoms with Crippen molar-refractivity contribution in [2.24, 2.45) is 0 Å². The Morgan fingerprint density at radius 3 is 1.42 bits per heavy atom. The predicted octanol–water partition coefficient (Wildman–Crippen LogP) is 5.09. The van der Waals surface area contributed by atoms with Crippen LogP contribution < -0.4 is 35.6 Å². The molecule has 0 aliphatic carbocycles. The average molecular weight is 932 g/mol. The number of nitrogens with one attached hydrogen (secondary N) is 4. The summed E-state index contributed by atoms with van der Waals surface area (Å²) in [7, 11) is 12.6. The molecule has 3 aromatic carbocycles. The number of nitrogens with zero attached hydrogens (tertiary/aromatic N) is 3. The standard InChI is InChI=1S/C61H53N7O3/c1-8-9-10-11-12-13-14-15-16-17-34-69-53-26-18-45(19-27-53)59-55-30-22-49(62-55)39-51-24-32-57(64-51)60(58-33-25-52(65-58)40-50-23-31-56(59)63-50)46-20-28-54(29-21-46)70-35-36-71-61-47(42-67(4)5)37-44(41-66(2)3)38-48(61)43-68(6)7/h1,18-33,37-40,62-65H,35-36,41-43H2,2-7H3. The third kappa shape index (κ3) is 13.1. The number of rotatable bonds is 14. The number of aromatic amines is 4. The van der Waals surface area contributed by atoms with Crippen LogP contribution in [0.25, 0.3) is 23.3 Å². The lowest BCUT2D eigenvalue weighted by Crippen LogP contribution is -2.19. The van der Waals surface area contributed by atoms with Crippen LogP contribution in [0.15, 0.2) is 109 Å². The van der Waals surface area contributed by atoms with Gasteiger partial charge in [-0.25, -0.2) is 0 Å². The minimum absolute atomic E-state index is 0.402. The van der Waals surface area contributed by atoms with Gasteiger partial charge in [-0.3, -0.25) is 0 Å². The molecule has 7 aromatic rings. The van der Waals surface area contributed by atoms with E-state index in [1.165, 1.54) is 16.7 Å². The van der Waals surface area contributed by atoms with Crippen molar-refractivity contribution in [1.29, 1.82) is 0 Å². The van der Waals surface area contributed by atoms with E-state index in [1.54, 1.807) is 0 Å². The maximum absolute atomic E-state index is 6.54. The number of H-pyrrole nitrogens is 4. The number of hydrogen-bond acceptors (Lipinski definition) is 6. The van der Waals surface area contributed by atoms with Crippen molar-refractivity contribution in [2.75, 3.05) is 55.5 Å². The molecule has 0 unspecified atom stereocenters. The molecule has 0 atom stereocenters. The summed E-state index contributed by atoms with van der Waals surface area (Å²) in [6.07, 6.45) is 11.9. The Balaban J connectivity index is 1.02. The Morgan fingerprint density at radius 1 is 0.465 bits per heavy atom. The van der Waals surface area contributed by atoms with Crippen LogP contribution in [-0.2, 0) is 19.6 Å². The minimum atomic E-state index is 0.402. The maximum atomic E-state index is 6.54. The molecule has 10 nitrogen and oxygen atoms in total. The van der Waals surface area contributed by atoms with Crippen LogP contribution in [-0.4, -0.2) is 90.1 Å². The summed E-state index contributed by atoms with van der Waals surface area (Å²) < 4.78 is 18.5. The lowest BCUT2D eigenvalue weighted by atomic mass is 10.0. The molecule has 0 saturated heterocycles. The highest BCUT2D eigenvalue weighted by Gasteiger charge is 2.17. The molecule has 0 spiro atoms. The number of fused-ring (bicyclic) bond motifs is 8. The first-order chi connectivity index (χ1) is 34.6. The molecule has 0 amide bonds. The van der Waals surface area contributed by atoms with Crippen LogP contribution >= 0.6 is 0 Å². The fraction of sp³-hybridized carbons (Fsp3) is 0.180. The number of ether oxygens (including phenoxy) is 3. The maximum Gasteiger partial charge on any atom is 0.140 e. The Labute approximate surface area is 415 Å². The summed E-state index contributed by atoms with van der Waals surface area (Å²) in [4.78, 5) is 21.2. The van der Waals surface area contributed by atoms with Gasteiger partial charge in [-0.1, -0.05) is 24.3 Å². The van der Waals surface area contributed by atoms with E-state index in [0.29, 0.717) is 19.0 Å². The van der Waals surface area contributed by atoms with Crippen LogP contribution in [0.1, 0.15) is 50.6 Å². The largest absolute Gasteiger partial charge is 0.490 e. The van der Waals surface area contributed by atoms with Crippen LogP contribution in [0, 0.1) is 71.7 Å². The highest BCUT2D eigenvalue weighted by atomic mass is 16.5. The van der Waals surface area contributed by atoms with E-state index in [2.05, 4.69) is 227 Å². The van der Waals surface area contributed by atoms with Gasteiger partial charge in [0.15, 0.2) is 0 Å². The van der Waals surface area contributed by atoms with Gasteiger partial charge in [0.1, 0.15) is 36.6 Å². The molecule has 10 heteroatoms. The van der Waals surface area contributed by atoms with Crippen molar-refractivity contribution in [3.8, 4) is 89.0 Å². The Hall–Kier alpha value is -9.10. The normalized spacial score (nSPS) is 11.2. The third-order valence-corrected chi connectivity index (χ3v) is 11.0. The lowest BCUT2D eigenvalue weighted by Gasteiger charge is -2.23. The first-order valence-electron chi connectivity index (χ1n) is 23.0. The van der Waals surface area contributed by atoms with E-state index in [4.69, 9.17) is 20.6 Å². The van der Waals surface area contributed by atoms with Gasteiger partial charge in [-0.2, -0.15) is 0 Å². The predicted molar refractivity (Wildman–Crippen MR) is 283 cm³/mol. The van der Waals surface area contributed by atoms with E-state index in [9.17, 15) is 0 Å². The first-order valence-corrected chi connectivity index (χ1v) is 23.0. The molecule has 4 N–H and O–H groups in total. The lowest BCUT2D eigenvalue weighted by molar-refractivity contribution is 0.211. The van der Waals surface area contributed by atoms with Crippen LogP contribution in [0.2, 0.25) is 0 Å². The fourth-order valence-electron chi connectivity index (χ4n) is 8.28. The summed E-state index contributed by atoms with van der Waals surface area (Å²) >= 11 is 0. The molecular weight excluding hydrogens is 879 g/mol. The van der Waals surface area contributed by atoms with Gasteiger partial charge >= 0.3 is 0 Å². The molecule has 8 bridgehead atoms. The van der Waals surface area contributed by atoms with Crippen LogP contribution in [0.3, 0.4) is 0 Å². The summed E-state index contributed by atoms with van der Waals surface area (Å²) in [6, 6.07) is 37.4. The molecule has 4 aromatic heterocycles. The summed E-state index contributed by atoms with van der Waals surface area (Å²) in [5.41, 5.74) is 11.5. The quantitative estimate of drug-likeness (QED) is 0.0897. The number of aromatic nitrogens is 4. The molecule has 0 fully saturated rings. The smallest absolute Gasteiger partial charge is 0.140 e. The highest BCUT2D eigenvalue weighted by molar-refractivity contribution is 5.79. The van der Waals surface area contributed by atoms with Gasteiger partial charge in [0.2, 0.25) is 0 Å². The zero-order chi connectivity index (χ0) is 49.5. The van der Waals surface area contributed by atoms with E-state index in [-0.39, 0.29) is 0 Å². The van der Waals surface area contributed by atoms with Crippen LogP contribution in [0.4, 0.5) is 0 Å². The first kappa shape index (κ1) is 48.4.